The molecule has 1 aliphatic carbocycles. The lowest BCUT2D eigenvalue weighted by atomic mass is 9.80. The van der Waals surface area contributed by atoms with Crippen LogP contribution in [0.3, 0.4) is 0 Å². The minimum Gasteiger partial charge on any atom is -0.481 e. The van der Waals surface area contributed by atoms with Crippen molar-refractivity contribution in [3.8, 4) is 0 Å². The van der Waals surface area contributed by atoms with Crippen LogP contribution in [-0.4, -0.2) is 51.5 Å². The molecule has 1 amide bonds. The number of carboxylic acids is 1. The summed E-state index contributed by atoms with van der Waals surface area (Å²) in [4.78, 5) is 25.2. The Kier molecular flexibility index (Phi) is 5.32. The average Bonchev–Trinajstić information content (AvgIpc) is 2.38. The molecule has 20 heavy (non-hydrogen) atoms. The van der Waals surface area contributed by atoms with E-state index in [-0.39, 0.29) is 23.9 Å². The molecule has 0 radical (unpaired) electrons. The molecule has 1 aliphatic heterocycles. The van der Waals surface area contributed by atoms with Gasteiger partial charge in [-0.15, -0.1) is 0 Å². The van der Waals surface area contributed by atoms with Crippen LogP contribution in [0.1, 0.15) is 44.9 Å². The molecule has 1 saturated carbocycles. The molecule has 2 rings (SSSR count). The van der Waals surface area contributed by atoms with Crippen LogP contribution in [0.4, 0.5) is 0 Å². The molecule has 114 valence electrons. The largest absolute Gasteiger partial charge is 0.481 e. The minimum absolute atomic E-state index is 0.0380. The van der Waals surface area contributed by atoms with Gasteiger partial charge in [0.25, 0.3) is 0 Å². The maximum absolute atomic E-state index is 12.5. The van der Waals surface area contributed by atoms with Crippen LogP contribution in [0, 0.1) is 0 Å². The third kappa shape index (κ3) is 4.12. The normalized spacial score (nSPS) is 26.2. The van der Waals surface area contributed by atoms with Gasteiger partial charge in [-0.3, -0.25) is 9.59 Å². The zero-order valence-electron chi connectivity index (χ0n) is 11.8. The van der Waals surface area contributed by atoms with Crippen LogP contribution in [-0.2, 0) is 9.59 Å². The number of nitrogens with zero attached hydrogens (tertiary/aromatic N) is 1. The monoisotopic (exact) mass is 300 g/mol. The van der Waals surface area contributed by atoms with Gasteiger partial charge in [-0.25, -0.2) is 0 Å². The standard InChI is InChI=1S/C14H24N2O3S/c15-14(4-2-1-3-5-14)9-12(17)16-6-7-20-10-11(16)8-13(18)19/h11H,1-10,15H2,(H,18,19). The topological polar surface area (TPSA) is 83.6 Å². The third-order valence-corrected chi connectivity index (χ3v) is 5.40. The van der Waals surface area contributed by atoms with Crippen LogP contribution in [0.5, 0.6) is 0 Å². The van der Waals surface area contributed by atoms with Crippen molar-refractivity contribution in [3.63, 3.8) is 0 Å². The molecule has 0 aromatic rings. The Morgan fingerprint density at radius 1 is 1.30 bits per heavy atom. The first-order chi connectivity index (χ1) is 9.50. The van der Waals surface area contributed by atoms with Crippen LogP contribution in [0.2, 0.25) is 0 Å². The molecular formula is C14H24N2O3S. The summed E-state index contributed by atoms with van der Waals surface area (Å²) in [5.41, 5.74) is 5.98. The summed E-state index contributed by atoms with van der Waals surface area (Å²) in [5, 5.41) is 8.97. The smallest absolute Gasteiger partial charge is 0.305 e. The summed E-state index contributed by atoms with van der Waals surface area (Å²) in [6.45, 7) is 0.650. The van der Waals surface area contributed by atoms with E-state index in [0.29, 0.717) is 13.0 Å². The van der Waals surface area contributed by atoms with E-state index in [1.165, 1.54) is 6.42 Å². The van der Waals surface area contributed by atoms with Crippen molar-refractivity contribution in [2.75, 3.05) is 18.1 Å². The lowest BCUT2D eigenvalue weighted by Gasteiger charge is -2.39. The van der Waals surface area contributed by atoms with Crippen LogP contribution < -0.4 is 5.73 Å². The molecule has 2 aliphatic rings. The second kappa shape index (κ2) is 6.80. The summed E-state index contributed by atoms with van der Waals surface area (Å²) in [6, 6.07) is -0.175. The van der Waals surface area contributed by atoms with Gasteiger partial charge in [-0.2, -0.15) is 11.8 Å². The van der Waals surface area contributed by atoms with Crippen molar-refractivity contribution in [1.29, 1.82) is 0 Å². The zero-order valence-corrected chi connectivity index (χ0v) is 12.7. The van der Waals surface area contributed by atoms with Crippen molar-refractivity contribution >= 4 is 23.6 Å². The number of rotatable bonds is 4. The number of carboxylic acid groups (broad SMARTS) is 1. The van der Waals surface area contributed by atoms with E-state index in [1.54, 1.807) is 16.7 Å². The number of carbonyl (C=O) groups is 2. The first-order valence-corrected chi connectivity index (χ1v) is 8.53. The van der Waals surface area contributed by atoms with Crippen LogP contribution >= 0.6 is 11.8 Å². The fourth-order valence-corrected chi connectivity index (χ4v) is 4.25. The van der Waals surface area contributed by atoms with Gasteiger partial charge in [0.1, 0.15) is 0 Å². The predicted molar refractivity (Wildman–Crippen MR) is 79.7 cm³/mol. The molecule has 1 heterocycles. The lowest BCUT2D eigenvalue weighted by molar-refractivity contribution is -0.140. The highest BCUT2D eigenvalue weighted by Crippen LogP contribution is 2.30. The second-order valence-electron chi connectivity index (χ2n) is 6.01. The molecule has 2 fully saturated rings. The molecule has 6 heteroatoms. The molecule has 1 saturated heterocycles. The Balaban J connectivity index is 1.96. The van der Waals surface area contributed by atoms with Crippen LogP contribution in [0.15, 0.2) is 0 Å². The number of aliphatic carboxylic acids is 1. The third-order valence-electron chi connectivity index (χ3n) is 4.31. The Morgan fingerprint density at radius 3 is 2.65 bits per heavy atom. The van der Waals surface area contributed by atoms with Gasteiger partial charge >= 0.3 is 5.97 Å². The Morgan fingerprint density at radius 2 is 2.00 bits per heavy atom. The molecule has 0 spiro atoms. The van der Waals surface area contributed by atoms with E-state index in [0.717, 1.165) is 37.2 Å². The Labute approximate surface area is 124 Å². The first-order valence-electron chi connectivity index (χ1n) is 7.38. The number of nitrogens with two attached hydrogens (primary N) is 1. The number of hydrogen-bond donors (Lipinski definition) is 2. The number of amides is 1. The van der Waals surface area contributed by atoms with Gasteiger partial charge in [0, 0.05) is 30.0 Å². The summed E-state index contributed by atoms with van der Waals surface area (Å²) in [7, 11) is 0. The minimum atomic E-state index is -0.838. The van der Waals surface area contributed by atoms with Gasteiger partial charge < -0.3 is 15.7 Å². The number of hydrogen-bond acceptors (Lipinski definition) is 4. The molecule has 5 nitrogen and oxygen atoms in total. The van der Waals surface area contributed by atoms with Crippen molar-refractivity contribution < 1.29 is 14.7 Å². The molecule has 0 aromatic heterocycles. The van der Waals surface area contributed by atoms with Crippen molar-refractivity contribution in [1.82, 2.24) is 4.90 Å². The summed E-state index contributed by atoms with van der Waals surface area (Å²) >= 11 is 1.72. The first kappa shape index (κ1) is 15.6. The van der Waals surface area contributed by atoms with E-state index in [1.807, 2.05) is 0 Å². The average molecular weight is 300 g/mol. The predicted octanol–water partition coefficient (Wildman–Crippen LogP) is 1.46. The molecule has 1 atom stereocenters. The molecule has 1 unspecified atom stereocenters. The van der Waals surface area contributed by atoms with E-state index in [2.05, 4.69) is 0 Å². The maximum atomic E-state index is 12.5. The second-order valence-corrected chi connectivity index (χ2v) is 7.16. The molecular weight excluding hydrogens is 276 g/mol. The van der Waals surface area contributed by atoms with Gasteiger partial charge in [0.2, 0.25) is 5.91 Å². The highest BCUT2D eigenvalue weighted by atomic mass is 32.2. The van der Waals surface area contributed by atoms with Gasteiger partial charge in [0.15, 0.2) is 0 Å². The molecule has 3 N–H and O–H groups in total. The van der Waals surface area contributed by atoms with E-state index >= 15 is 0 Å². The SMILES string of the molecule is NC1(CC(=O)N2CCSCC2CC(=O)O)CCCCC1. The zero-order chi connectivity index (χ0) is 14.6. The van der Waals surface area contributed by atoms with Crippen LogP contribution in [0.25, 0.3) is 0 Å². The summed E-state index contributed by atoms with van der Waals surface area (Å²) < 4.78 is 0. The molecule has 0 aromatic carbocycles. The lowest BCUT2D eigenvalue weighted by Crippen LogP contribution is -2.52. The summed E-state index contributed by atoms with van der Waals surface area (Å²) in [6.07, 6.45) is 5.62. The van der Waals surface area contributed by atoms with Crippen molar-refractivity contribution in [2.24, 2.45) is 5.73 Å². The number of carbonyl (C=O) groups excluding carboxylic acids is 1. The van der Waals surface area contributed by atoms with Crippen molar-refractivity contribution in [3.05, 3.63) is 0 Å². The summed E-state index contributed by atoms with van der Waals surface area (Å²) in [5.74, 6) is 0.811. The molecule has 0 bridgehead atoms. The number of thioether (sulfide) groups is 1. The van der Waals surface area contributed by atoms with E-state index in [9.17, 15) is 9.59 Å². The Hall–Kier alpha value is -0.750. The maximum Gasteiger partial charge on any atom is 0.305 e. The quantitative estimate of drug-likeness (QED) is 0.821. The van der Waals surface area contributed by atoms with Gasteiger partial charge in [-0.1, -0.05) is 19.3 Å². The van der Waals surface area contributed by atoms with Gasteiger partial charge in [0.05, 0.1) is 12.5 Å². The van der Waals surface area contributed by atoms with Crippen molar-refractivity contribution in [2.45, 2.75) is 56.5 Å². The van der Waals surface area contributed by atoms with E-state index < -0.39 is 5.97 Å². The van der Waals surface area contributed by atoms with Gasteiger partial charge in [-0.05, 0) is 12.8 Å². The highest BCUT2D eigenvalue weighted by molar-refractivity contribution is 7.99. The Bertz CT molecular complexity index is 369. The highest BCUT2D eigenvalue weighted by Gasteiger charge is 2.35. The van der Waals surface area contributed by atoms with E-state index in [4.69, 9.17) is 10.8 Å². The fourth-order valence-electron chi connectivity index (χ4n) is 3.19. The fraction of sp³-hybridized carbons (Fsp3) is 0.857.